The lowest BCUT2D eigenvalue weighted by Gasteiger charge is -2.21. The Morgan fingerprint density at radius 2 is 1.58 bits per heavy atom. The van der Waals surface area contributed by atoms with E-state index in [4.69, 9.17) is 0 Å². The van der Waals surface area contributed by atoms with Crippen LogP contribution in [0.4, 0.5) is 10.5 Å². The summed E-state index contributed by atoms with van der Waals surface area (Å²) < 4.78 is 0. The van der Waals surface area contributed by atoms with E-state index in [1.165, 1.54) is 9.80 Å². The van der Waals surface area contributed by atoms with Crippen LogP contribution in [0, 0.1) is 0 Å². The molecule has 1 heterocycles. The van der Waals surface area contributed by atoms with Gasteiger partial charge in [0.1, 0.15) is 12.6 Å². The average Bonchev–Trinajstić information content (AvgIpc) is 2.86. The molecule has 6 heteroatoms. The molecule has 0 unspecified atom stereocenters. The Labute approximate surface area is 152 Å². The van der Waals surface area contributed by atoms with E-state index in [9.17, 15) is 14.4 Å². The average molecular weight is 351 g/mol. The van der Waals surface area contributed by atoms with Gasteiger partial charge in [-0.15, -0.1) is 0 Å². The number of anilines is 1. The maximum atomic E-state index is 12.7. The summed E-state index contributed by atoms with van der Waals surface area (Å²) in [4.78, 5) is 41.7. The predicted molar refractivity (Wildman–Crippen MR) is 98.4 cm³/mol. The topological polar surface area (TPSA) is 60.9 Å². The van der Waals surface area contributed by atoms with Crippen molar-refractivity contribution in [1.82, 2.24) is 9.80 Å². The van der Waals surface area contributed by atoms with E-state index in [1.807, 2.05) is 36.4 Å². The summed E-state index contributed by atoms with van der Waals surface area (Å²) in [5.41, 5.74) is 1.63. The summed E-state index contributed by atoms with van der Waals surface area (Å²) in [6.45, 7) is 1.84. The fourth-order valence-electron chi connectivity index (χ4n) is 3.00. The molecule has 1 saturated heterocycles. The number of carbonyl (C=O) groups excluding carboxylic acids is 3. The molecule has 26 heavy (non-hydrogen) atoms. The molecular formula is C20H21N3O3. The summed E-state index contributed by atoms with van der Waals surface area (Å²) in [7, 11) is 1.67. The van der Waals surface area contributed by atoms with Crippen molar-refractivity contribution in [2.45, 2.75) is 19.5 Å². The molecule has 1 atom stereocenters. The molecule has 4 amide bonds. The van der Waals surface area contributed by atoms with Crippen molar-refractivity contribution in [2.75, 3.05) is 18.5 Å². The van der Waals surface area contributed by atoms with Crippen molar-refractivity contribution in [3.8, 4) is 0 Å². The van der Waals surface area contributed by atoms with Gasteiger partial charge in [-0.3, -0.25) is 19.4 Å². The lowest BCUT2D eigenvalue weighted by molar-refractivity contribution is -0.136. The lowest BCUT2D eigenvalue weighted by Crippen LogP contribution is -2.42. The van der Waals surface area contributed by atoms with Gasteiger partial charge < -0.3 is 4.90 Å². The molecule has 0 aromatic heterocycles. The Morgan fingerprint density at radius 1 is 1.00 bits per heavy atom. The second-order valence-corrected chi connectivity index (χ2v) is 6.32. The van der Waals surface area contributed by atoms with Crippen LogP contribution in [0.5, 0.6) is 0 Å². The van der Waals surface area contributed by atoms with Gasteiger partial charge in [0.05, 0.1) is 0 Å². The number of nitrogens with zero attached hydrogens (tertiary/aromatic N) is 3. The number of benzene rings is 2. The number of carbonyl (C=O) groups is 3. The van der Waals surface area contributed by atoms with Crippen LogP contribution in [-0.2, 0) is 16.1 Å². The molecule has 6 nitrogen and oxygen atoms in total. The van der Waals surface area contributed by atoms with Crippen molar-refractivity contribution in [3.05, 3.63) is 66.2 Å². The first kappa shape index (κ1) is 17.7. The van der Waals surface area contributed by atoms with Gasteiger partial charge in [-0.1, -0.05) is 48.5 Å². The molecule has 1 fully saturated rings. The monoisotopic (exact) mass is 351 g/mol. The minimum atomic E-state index is -0.628. The molecule has 0 saturated carbocycles. The van der Waals surface area contributed by atoms with Crippen molar-refractivity contribution in [3.63, 3.8) is 0 Å². The minimum Gasteiger partial charge on any atom is -0.340 e. The van der Waals surface area contributed by atoms with E-state index in [0.29, 0.717) is 12.2 Å². The predicted octanol–water partition coefficient (Wildman–Crippen LogP) is 2.50. The molecule has 0 spiro atoms. The van der Waals surface area contributed by atoms with Gasteiger partial charge in [-0.05, 0) is 24.6 Å². The summed E-state index contributed by atoms with van der Waals surface area (Å²) in [5.74, 6) is -0.641. The SMILES string of the molecule is C[C@H]1C(=O)N(CC(=O)N(C)Cc2ccccc2)C(=O)N1c1ccccc1. The quantitative estimate of drug-likeness (QED) is 0.778. The van der Waals surface area contributed by atoms with E-state index in [-0.39, 0.29) is 18.4 Å². The number of likely N-dealkylation sites (N-methyl/N-ethyl adjacent to an activating group) is 1. The molecule has 2 aromatic carbocycles. The highest BCUT2D eigenvalue weighted by Gasteiger charge is 2.44. The summed E-state index contributed by atoms with van der Waals surface area (Å²) in [6.07, 6.45) is 0. The third-order valence-electron chi connectivity index (χ3n) is 4.46. The van der Waals surface area contributed by atoms with E-state index in [1.54, 1.807) is 38.2 Å². The van der Waals surface area contributed by atoms with Gasteiger partial charge in [0.25, 0.3) is 5.91 Å². The fourth-order valence-corrected chi connectivity index (χ4v) is 3.00. The lowest BCUT2D eigenvalue weighted by atomic mass is 10.2. The molecule has 0 radical (unpaired) electrons. The molecule has 0 aliphatic carbocycles. The first-order chi connectivity index (χ1) is 12.5. The van der Waals surface area contributed by atoms with Crippen LogP contribution in [0.15, 0.2) is 60.7 Å². The standard InChI is InChI=1S/C20H21N3O3/c1-15-19(25)22(20(26)23(15)17-11-7-4-8-12-17)14-18(24)21(2)13-16-9-5-3-6-10-16/h3-12,15H,13-14H2,1-2H3/t15-/m0/s1. The zero-order valence-electron chi connectivity index (χ0n) is 14.8. The maximum Gasteiger partial charge on any atom is 0.332 e. The largest absolute Gasteiger partial charge is 0.340 e. The van der Waals surface area contributed by atoms with E-state index in [2.05, 4.69) is 0 Å². The van der Waals surface area contributed by atoms with Crippen LogP contribution < -0.4 is 4.90 Å². The molecular weight excluding hydrogens is 330 g/mol. The minimum absolute atomic E-state index is 0.255. The Hall–Kier alpha value is -3.15. The van der Waals surface area contributed by atoms with Crippen LogP contribution in [0.3, 0.4) is 0 Å². The first-order valence-electron chi connectivity index (χ1n) is 8.46. The van der Waals surface area contributed by atoms with Gasteiger partial charge in [-0.25, -0.2) is 4.79 Å². The molecule has 0 bridgehead atoms. The molecule has 134 valence electrons. The second kappa shape index (κ2) is 7.39. The molecule has 1 aliphatic rings. The fraction of sp³-hybridized carbons (Fsp3) is 0.250. The number of amides is 4. The van der Waals surface area contributed by atoms with Gasteiger partial charge in [0.2, 0.25) is 5.91 Å². The smallest absolute Gasteiger partial charge is 0.332 e. The van der Waals surface area contributed by atoms with Crippen LogP contribution in [-0.4, -0.2) is 47.3 Å². The van der Waals surface area contributed by atoms with Gasteiger partial charge in [0, 0.05) is 19.3 Å². The Balaban J connectivity index is 1.70. The number of hydrogen-bond acceptors (Lipinski definition) is 3. The zero-order valence-corrected chi connectivity index (χ0v) is 14.8. The number of para-hydroxylation sites is 1. The molecule has 1 aliphatic heterocycles. The van der Waals surface area contributed by atoms with Gasteiger partial charge >= 0.3 is 6.03 Å². The van der Waals surface area contributed by atoms with Gasteiger partial charge in [-0.2, -0.15) is 0 Å². The highest BCUT2D eigenvalue weighted by Crippen LogP contribution is 2.25. The third kappa shape index (κ3) is 3.44. The van der Waals surface area contributed by atoms with Crippen LogP contribution in [0.2, 0.25) is 0 Å². The Bertz CT molecular complexity index is 808. The Morgan fingerprint density at radius 3 is 2.19 bits per heavy atom. The number of rotatable bonds is 5. The van der Waals surface area contributed by atoms with E-state index in [0.717, 1.165) is 10.5 Å². The Kier molecular flexibility index (Phi) is 5.02. The van der Waals surface area contributed by atoms with E-state index >= 15 is 0 Å². The summed E-state index contributed by atoms with van der Waals surface area (Å²) in [6, 6.07) is 17.5. The van der Waals surface area contributed by atoms with Crippen molar-refractivity contribution < 1.29 is 14.4 Å². The van der Waals surface area contributed by atoms with Crippen molar-refractivity contribution >= 4 is 23.5 Å². The second-order valence-electron chi connectivity index (χ2n) is 6.32. The zero-order chi connectivity index (χ0) is 18.7. The highest BCUT2D eigenvalue weighted by atomic mass is 16.2. The number of urea groups is 1. The van der Waals surface area contributed by atoms with Crippen LogP contribution in [0.1, 0.15) is 12.5 Å². The maximum absolute atomic E-state index is 12.7. The van der Waals surface area contributed by atoms with E-state index < -0.39 is 12.1 Å². The first-order valence-corrected chi connectivity index (χ1v) is 8.46. The van der Waals surface area contributed by atoms with Gasteiger partial charge in [0.15, 0.2) is 0 Å². The van der Waals surface area contributed by atoms with Crippen LogP contribution in [0.25, 0.3) is 0 Å². The van der Waals surface area contributed by atoms with Crippen molar-refractivity contribution in [2.24, 2.45) is 0 Å². The molecule has 3 rings (SSSR count). The number of hydrogen-bond donors (Lipinski definition) is 0. The summed E-state index contributed by atoms with van der Waals surface area (Å²) >= 11 is 0. The summed E-state index contributed by atoms with van der Waals surface area (Å²) in [5, 5.41) is 0. The normalized spacial score (nSPS) is 16.9. The van der Waals surface area contributed by atoms with Crippen LogP contribution >= 0.6 is 0 Å². The highest BCUT2D eigenvalue weighted by molar-refractivity contribution is 6.15. The number of imide groups is 1. The molecule has 2 aromatic rings. The van der Waals surface area contributed by atoms with Crippen molar-refractivity contribution in [1.29, 1.82) is 0 Å². The molecule has 0 N–H and O–H groups in total. The third-order valence-corrected chi connectivity index (χ3v) is 4.46.